The molecule has 0 spiro atoms. The molecule has 3 heteroatoms. The van der Waals surface area contributed by atoms with Gasteiger partial charge in [-0.05, 0) is 12.5 Å². The summed E-state index contributed by atoms with van der Waals surface area (Å²) in [6.07, 6.45) is 2.16. The number of aryl methyl sites for hydroxylation is 1. The van der Waals surface area contributed by atoms with E-state index in [0.29, 0.717) is 0 Å². The Morgan fingerprint density at radius 3 is 2.14 bits per heavy atom. The zero-order valence-corrected chi connectivity index (χ0v) is 11.7. The number of hydrogen-bond donors (Lipinski definition) is 1. The Labute approximate surface area is 122 Å². The molecule has 3 nitrogen and oxygen atoms in total. The molecule has 102 valence electrons. The first-order chi connectivity index (χ1) is 10.3. The molecular formula is C18H15N3. The largest absolute Gasteiger partial charge is 0.284 e. The number of aromatic amines is 1. The summed E-state index contributed by atoms with van der Waals surface area (Å²) in [6.45, 7) is 2.13. The minimum absolute atomic E-state index is 0.941. The van der Waals surface area contributed by atoms with Gasteiger partial charge in [0.15, 0.2) is 5.82 Å². The summed E-state index contributed by atoms with van der Waals surface area (Å²) in [5.41, 5.74) is 5.84. The molecule has 1 N–H and O–H groups in total. The van der Waals surface area contributed by atoms with Gasteiger partial charge in [-0.2, -0.15) is 5.10 Å². The number of rotatable bonds is 2. The molecule has 0 saturated heterocycles. The lowest BCUT2D eigenvalue weighted by atomic mass is 10.1. The van der Waals surface area contributed by atoms with Crippen LogP contribution < -0.4 is 0 Å². The molecule has 0 atom stereocenters. The minimum atomic E-state index is 0.941. The van der Waals surface area contributed by atoms with Crippen molar-refractivity contribution in [3.05, 3.63) is 72.4 Å². The zero-order valence-electron chi connectivity index (χ0n) is 11.7. The van der Waals surface area contributed by atoms with Gasteiger partial charge in [0.1, 0.15) is 5.65 Å². The first-order valence-electron chi connectivity index (χ1n) is 7.01. The topological polar surface area (TPSA) is 33.1 Å². The lowest BCUT2D eigenvalue weighted by Crippen LogP contribution is -1.85. The van der Waals surface area contributed by atoms with Crippen molar-refractivity contribution in [3.63, 3.8) is 0 Å². The number of nitrogens with zero attached hydrogens (tertiary/aromatic N) is 2. The Morgan fingerprint density at radius 1 is 0.857 bits per heavy atom. The van der Waals surface area contributed by atoms with Gasteiger partial charge < -0.3 is 0 Å². The summed E-state index contributed by atoms with van der Waals surface area (Å²) < 4.78 is 2.13. The monoisotopic (exact) mass is 273 g/mol. The highest BCUT2D eigenvalue weighted by atomic mass is 15.2. The van der Waals surface area contributed by atoms with Crippen molar-refractivity contribution in [2.75, 3.05) is 0 Å². The SMILES string of the molecule is Cc1c(-c2ccccc2)cn2c(-c3ccccc3)n[nH]c12. The lowest BCUT2D eigenvalue weighted by molar-refractivity contribution is 1.11. The van der Waals surface area contributed by atoms with Gasteiger partial charge >= 0.3 is 0 Å². The van der Waals surface area contributed by atoms with Gasteiger partial charge in [-0.1, -0.05) is 60.7 Å². The maximum atomic E-state index is 4.46. The van der Waals surface area contributed by atoms with Crippen LogP contribution >= 0.6 is 0 Å². The molecule has 0 aliphatic carbocycles. The number of nitrogens with one attached hydrogen (secondary N) is 1. The van der Waals surface area contributed by atoms with Crippen LogP contribution in [0.3, 0.4) is 0 Å². The van der Waals surface area contributed by atoms with E-state index in [1.165, 1.54) is 16.7 Å². The summed E-state index contributed by atoms with van der Waals surface area (Å²) >= 11 is 0. The molecule has 4 rings (SSSR count). The fourth-order valence-electron chi connectivity index (χ4n) is 2.76. The van der Waals surface area contributed by atoms with E-state index in [1.807, 2.05) is 24.3 Å². The van der Waals surface area contributed by atoms with Crippen LogP contribution in [0, 0.1) is 6.92 Å². The van der Waals surface area contributed by atoms with E-state index in [2.05, 4.69) is 64.1 Å². The third-order valence-electron chi connectivity index (χ3n) is 3.87. The highest BCUT2D eigenvalue weighted by molar-refractivity contribution is 5.76. The fraction of sp³-hybridized carbons (Fsp3) is 0.0556. The molecular weight excluding hydrogens is 258 g/mol. The normalized spacial score (nSPS) is 11.1. The van der Waals surface area contributed by atoms with Crippen LogP contribution in [-0.4, -0.2) is 14.6 Å². The first kappa shape index (κ1) is 12.0. The van der Waals surface area contributed by atoms with Crippen molar-refractivity contribution in [1.82, 2.24) is 14.6 Å². The number of hydrogen-bond acceptors (Lipinski definition) is 1. The van der Waals surface area contributed by atoms with E-state index in [0.717, 1.165) is 17.0 Å². The minimum Gasteiger partial charge on any atom is -0.284 e. The highest BCUT2D eigenvalue weighted by Crippen LogP contribution is 2.30. The van der Waals surface area contributed by atoms with Gasteiger partial charge in [-0.25, -0.2) is 0 Å². The summed E-state index contributed by atoms with van der Waals surface area (Å²) in [7, 11) is 0. The molecule has 0 unspecified atom stereocenters. The first-order valence-corrected chi connectivity index (χ1v) is 7.01. The molecule has 0 bridgehead atoms. The fourth-order valence-corrected chi connectivity index (χ4v) is 2.76. The van der Waals surface area contributed by atoms with Gasteiger partial charge in [-0.3, -0.25) is 9.50 Å². The Balaban J connectivity index is 1.94. The maximum absolute atomic E-state index is 4.46. The van der Waals surface area contributed by atoms with Crippen molar-refractivity contribution in [2.45, 2.75) is 6.92 Å². The van der Waals surface area contributed by atoms with E-state index in [1.54, 1.807) is 0 Å². The van der Waals surface area contributed by atoms with Crippen molar-refractivity contribution >= 4 is 5.65 Å². The van der Waals surface area contributed by atoms with Crippen molar-refractivity contribution in [2.24, 2.45) is 0 Å². The molecule has 21 heavy (non-hydrogen) atoms. The summed E-state index contributed by atoms with van der Waals surface area (Å²) in [6, 6.07) is 20.7. The lowest BCUT2D eigenvalue weighted by Gasteiger charge is -1.99. The number of fused-ring (bicyclic) bond motifs is 1. The van der Waals surface area contributed by atoms with Crippen LogP contribution in [0.1, 0.15) is 5.56 Å². The van der Waals surface area contributed by atoms with Gasteiger partial charge in [0.25, 0.3) is 0 Å². The Bertz CT molecular complexity index is 886. The second-order valence-electron chi connectivity index (χ2n) is 5.17. The molecule has 2 heterocycles. The van der Waals surface area contributed by atoms with Crippen LogP contribution in [0.2, 0.25) is 0 Å². The molecule has 0 radical (unpaired) electrons. The van der Waals surface area contributed by atoms with Crippen LogP contribution in [0.4, 0.5) is 0 Å². The maximum Gasteiger partial charge on any atom is 0.165 e. The van der Waals surface area contributed by atoms with Crippen LogP contribution in [0.5, 0.6) is 0 Å². The third kappa shape index (κ3) is 1.86. The summed E-state index contributed by atoms with van der Waals surface area (Å²) in [5, 5.41) is 7.62. The standard InChI is InChI=1S/C18H15N3/c1-13-16(14-8-4-2-5-9-14)12-21-17(13)19-20-18(21)15-10-6-3-7-11-15/h2-12,19H,1H3. The predicted molar refractivity (Wildman–Crippen MR) is 85.2 cm³/mol. The van der Waals surface area contributed by atoms with Gasteiger partial charge in [-0.15, -0.1) is 0 Å². The second-order valence-corrected chi connectivity index (χ2v) is 5.17. The predicted octanol–water partition coefficient (Wildman–Crippen LogP) is 4.30. The van der Waals surface area contributed by atoms with Gasteiger partial charge in [0.05, 0.1) is 0 Å². The molecule has 2 aromatic carbocycles. The Kier molecular flexibility index (Phi) is 2.64. The van der Waals surface area contributed by atoms with Crippen molar-refractivity contribution in [3.8, 4) is 22.5 Å². The van der Waals surface area contributed by atoms with E-state index in [4.69, 9.17) is 0 Å². The van der Waals surface area contributed by atoms with Gasteiger partial charge in [0, 0.05) is 22.9 Å². The third-order valence-corrected chi connectivity index (χ3v) is 3.87. The molecule has 4 aromatic rings. The average molecular weight is 273 g/mol. The molecule has 2 aromatic heterocycles. The Morgan fingerprint density at radius 2 is 1.48 bits per heavy atom. The quantitative estimate of drug-likeness (QED) is 0.580. The average Bonchev–Trinajstić information content (AvgIpc) is 3.10. The van der Waals surface area contributed by atoms with Crippen molar-refractivity contribution < 1.29 is 0 Å². The number of H-pyrrole nitrogens is 1. The highest BCUT2D eigenvalue weighted by Gasteiger charge is 2.14. The second kappa shape index (κ2) is 4.63. The molecule has 0 fully saturated rings. The number of aromatic nitrogens is 3. The van der Waals surface area contributed by atoms with Crippen LogP contribution in [0.15, 0.2) is 66.9 Å². The van der Waals surface area contributed by atoms with E-state index in [9.17, 15) is 0 Å². The van der Waals surface area contributed by atoms with Crippen LogP contribution in [0.25, 0.3) is 28.2 Å². The van der Waals surface area contributed by atoms with Gasteiger partial charge in [0.2, 0.25) is 0 Å². The summed E-state index contributed by atoms with van der Waals surface area (Å²) in [5.74, 6) is 0.941. The van der Waals surface area contributed by atoms with E-state index < -0.39 is 0 Å². The molecule has 0 amide bonds. The summed E-state index contributed by atoms with van der Waals surface area (Å²) in [4.78, 5) is 0. The smallest absolute Gasteiger partial charge is 0.165 e. The number of benzene rings is 2. The van der Waals surface area contributed by atoms with Crippen molar-refractivity contribution in [1.29, 1.82) is 0 Å². The zero-order chi connectivity index (χ0) is 14.2. The van der Waals surface area contributed by atoms with Crippen LogP contribution in [-0.2, 0) is 0 Å². The molecule has 0 saturated carbocycles. The van der Waals surface area contributed by atoms with E-state index >= 15 is 0 Å². The van der Waals surface area contributed by atoms with E-state index in [-0.39, 0.29) is 0 Å². The molecule has 0 aliphatic rings. The molecule has 0 aliphatic heterocycles. The Hall–Kier alpha value is -2.81.